The number of amides is 1. The maximum absolute atomic E-state index is 12.8. The van der Waals surface area contributed by atoms with Crippen molar-refractivity contribution in [1.29, 1.82) is 0 Å². The number of esters is 1. The molecule has 0 saturated carbocycles. The molecule has 0 spiro atoms. The number of methoxy groups -OCH3 is 1. The fourth-order valence-electron chi connectivity index (χ4n) is 3.11. The van der Waals surface area contributed by atoms with E-state index in [1.807, 2.05) is 0 Å². The van der Waals surface area contributed by atoms with Crippen LogP contribution in [0.15, 0.2) is 24.5 Å². The van der Waals surface area contributed by atoms with Crippen LogP contribution in [0.25, 0.3) is 10.9 Å². The SMILES string of the molecule is COC(=O)C1CN(Cc2cc3cnccc3n2C(=O)OC(C)(C)C)C(=O)CN1. The molecule has 3 rings (SSSR count). The molecule has 0 bridgehead atoms. The first-order chi connectivity index (χ1) is 13.2. The molecule has 1 N–H and O–H groups in total. The predicted molar refractivity (Wildman–Crippen MR) is 101 cm³/mol. The highest BCUT2D eigenvalue weighted by atomic mass is 16.6. The van der Waals surface area contributed by atoms with E-state index in [9.17, 15) is 14.4 Å². The van der Waals surface area contributed by atoms with Crippen LogP contribution in [0, 0.1) is 0 Å². The average molecular weight is 388 g/mol. The minimum Gasteiger partial charge on any atom is -0.468 e. The molecule has 1 saturated heterocycles. The summed E-state index contributed by atoms with van der Waals surface area (Å²) < 4.78 is 11.7. The Balaban J connectivity index is 1.94. The molecule has 1 unspecified atom stereocenters. The van der Waals surface area contributed by atoms with Gasteiger partial charge >= 0.3 is 12.1 Å². The molecule has 0 aromatic carbocycles. The van der Waals surface area contributed by atoms with Crippen molar-refractivity contribution in [3.05, 3.63) is 30.2 Å². The Morgan fingerprint density at radius 1 is 1.36 bits per heavy atom. The summed E-state index contributed by atoms with van der Waals surface area (Å²) in [5.74, 6) is -0.603. The number of pyridine rings is 1. The number of hydrogen-bond donors (Lipinski definition) is 1. The quantitative estimate of drug-likeness (QED) is 0.791. The molecule has 2 aromatic rings. The van der Waals surface area contributed by atoms with Gasteiger partial charge in [0.1, 0.15) is 11.6 Å². The lowest BCUT2D eigenvalue weighted by atomic mass is 10.2. The van der Waals surface area contributed by atoms with Crippen LogP contribution in [0.2, 0.25) is 0 Å². The van der Waals surface area contributed by atoms with E-state index in [1.165, 1.54) is 16.6 Å². The molecule has 0 aliphatic carbocycles. The van der Waals surface area contributed by atoms with Gasteiger partial charge in [-0.25, -0.2) is 9.36 Å². The van der Waals surface area contributed by atoms with Crippen LogP contribution in [0.4, 0.5) is 4.79 Å². The zero-order chi connectivity index (χ0) is 20.5. The van der Waals surface area contributed by atoms with Gasteiger partial charge in [-0.05, 0) is 32.9 Å². The molecule has 1 aliphatic heterocycles. The molecule has 0 radical (unpaired) electrons. The highest BCUT2D eigenvalue weighted by Gasteiger charge is 2.32. The summed E-state index contributed by atoms with van der Waals surface area (Å²) in [7, 11) is 1.30. The van der Waals surface area contributed by atoms with Crippen molar-refractivity contribution in [1.82, 2.24) is 19.8 Å². The van der Waals surface area contributed by atoms with Gasteiger partial charge in [0, 0.05) is 30.0 Å². The molecule has 1 aliphatic rings. The fraction of sp³-hybridized carbons (Fsp3) is 0.474. The van der Waals surface area contributed by atoms with Gasteiger partial charge in [-0.15, -0.1) is 0 Å². The zero-order valence-electron chi connectivity index (χ0n) is 16.4. The van der Waals surface area contributed by atoms with Gasteiger partial charge in [0.2, 0.25) is 5.91 Å². The first kappa shape index (κ1) is 19.8. The number of carbonyl (C=O) groups is 3. The number of aromatic nitrogens is 2. The molecule has 2 aromatic heterocycles. The first-order valence-corrected chi connectivity index (χ1v) is 8.96. The first-order valence-electron chi connectivity index (χ1n) is 8.96. The van der Waals surface area contributed by atoms with E-state index < -0.39 is 23.7 Å². The van der Waals surface area contributed by atoms with E-state index in [2.05, 4.69) is 10.3 Å². The summed E-state index contributed by atoms with van der Waals surface area (Å²) in [5.41, 5.74) is 0.557. The van der Waals surface area contributed by atoms with Crippen molar-refractivity contribution < 1.29 is 23.9 Å². The van der Waals surface area contributed by atoms with Crippen molar-refractivity contribution >= 4 is 28.9 Å². The summed E-state index contributed by atoms with van der Waals surface area (Å²) in [6.45, 7) is 5.70. The second-order valence-corrected chi connectivity index (χ2v) is 7.62. The van der Waals surface area contributed by atoms with Crippen molar-refractivity contribution in [2.24, 2.45) is 0 Å². The third-order valence-electron chi connectivity index (χ3n) is 4.35. The Morgan fingerprint density at radius 2 is 2.11 bits per heavy atom. The molecule has 150 valence electrons. The standard InChI is InChI=1S/C19H24N4O5/c1-19(2,3)28-18(26)23-13(7-12-8-20-6-5-15(12)23)10-22-11-14(17(25)27-4)21-9-16(22)24/h5-8,14,21H,9-11H2,1-4H3. The molecule has 1 atom stereocenters. The second-order valence-electron chi connectivity index (χ2n) is 7.62. The Kier molecular flexibility index (Phi) is 5.37. The lowest BCUT2D eigenvalue weighted by molar-refractivity contribution is -0.147. The number of carbonyl (C=O) groups excluding carboxylic acids is 3. The minimum absolute atomic E-state index is 0.0218. The van der Waals surface area contributed by atoms with Crippen LogP contribution in [-0.4, -0.2) is 64.3 Å². The molecule has 28 heavy (non-hydrogen) atoms. The molecule has 1 amide bonds. The lowest BCUT2D eigenvalue weighted by Crippen LogP contribution is -2.57. The Bertz CT molecular complexity index is 915. The second kappa shape index (κ2) is 7.59. The Morgan fingerprint density at radius 3 is 2.79 bits per heavy atom. The maximum Gasteiger partial charge on any atom is 0.419 e. The molecule has 3 heterocycles. The van der Waals surface area contributed by atoms with Crippen molar-refractivity contribution in [3.8, 4) is 0 Å². The lowest BCUT2D eigenvalue weighted by Gasteiger charge is -2.32. The summed E-state index contributed by atoms with van der Waals surface area (Å²) >= 11 is 0. The highest BCUT2D eigenvalue weighted by Crippen LogP contribution is 2.23. The van der Waals surface area contributed by atoms with E-state index in [-0.39, 0.29) is 25.5 Å². The van der Waals surface area contributed by atoms with Gasteiger partial charge in [0.05, 0.1) is 25.7 Å². The van der Waals surface area contributed by atoms with E-state index in [4.69, 9.17) is 9.47 Å². The number of piperazine rings is 1. The highest BCUT2D eigenvalue weighted by molar-refractivity contribution is 5.91. The smallest absolute Gasteiger partial charge is 0.419 e. The number of ether oxygens (including phenoxy) is 2. The van der Waals surface area contributed by atoms with Gasteiger partial charge in [-0.2, -0.15) is 0 Å². The average Bonchev–Trinajstić information content (AvgIpc) is 2.99. The number of hydrogen-bond acceptors (Lipinski definition) is 7. The summed E-state index contributed by atoms with van der Waals surface area (Å²) in [5, 5.41) is 3.62. The number of fused-ring (bicyclic) bond motifs is 1. The third-order valence-corrected chi connectivity index (χ3v) is 4.35. The van der Waals surface area contributed by atoms with E-state index >= 15 is 0 Å². The van der Waals surface area contributed by atoms with Crippen LogP contribution in [-0.2, 0) is 25.6 Å². The predicted octanol–water partition coefficient (Wildman–Crippen LogP) is 1.29. The zero-order valence-corrected chi connectivity index (χ0v) is 16.4. The summed E-state index contributed by atoms with van der Waals surface area (Å²) in [4.78, 5) is 42.6. The van der Waals surface area contributed by atoms with Crippen LogP contribution in [0.5, 0.6) is 0 Å². The Labute approximate surface area is 162 Å². The van der Waals surface area contributed by atoms with Crippen LogP contribution >= 0.6 is 0 Å². The summed E-state index contributed by atoms with van der Waals surface area (Å²) in [6, 6.07) is 2.91. The van der Waals surface area contributed by atoms with Gasteiger partial charge in [-0.1, -0.05) is 0 Å². The third kappa shape index (κ3) is 4.14. The van der Waals surface area contributed by atoms with Crippen molar-refractivity contribution in [2.45, 2.75) is 39.0 Å². The largest absolute Gasteiger partial charge is 0.468 e. The molecule has 1 fully saturated rings. The van der Waals surface area contributed by atoms with E-state index in [0.29, 0.717) is 11.2 Å². The number of nitrogens with one attached hydrogen (secondary N) is 1. The van der Waals surface area contributed by atoms with Gasteiger partial charge in [-0.3, -0.25) is 19.9 Å². The summed E-state index contributed by atoms with van der Waals surface area (Å²) in [6.07, 6.45) is 2.71. The molecule has 9 nitrogen and oxygen atoms in total. The van der Waals surface area contributed by atoms with Crippen LogP contribution in [0.3, 0.4) is 0 Å². The topological polar surface area (TPSA) is 103 Å². The fourth-order valence-corrected chi connectivity index (χ4v) is 3.11. The normalized spacial score (nSPS) is 17.6. The molecular formula is C19H24N4O5. The molecular weight excluding hydrogens is 364 g/mol. The minimum atomic E-state index is -0.668. The number of rotatable bonds is 3. The molecule has 9 heteroatoms. The van der Waals surface area contributed by atoms with Crippen molar-refractivity contribution in [3.63, 3.8) is 0 Å². The van der Waals surface area contributed by atoms with Gasteiger partial charge < -0.3 is 14.4 Å². The van der Waals surface area contributed by atoms with Gasteiger partial charge in [0.25, 0.3) is 0 Å². The van der Waals surface area contributed by atoms with Crippen molar-refractivity contribution in [2.75, 3.05) is 20.2 Å². The van der Waals surface area contributed by atoms with Crippen LogP contribution < -0.4 is 5.32 Å². The van der Waals surface area contributed by atoms with E-state index in [1.54, 1.807) is 45.3 Å². The monoisotopic (exact) mass is 388 g/mol. The van der Waals surface area contributed by atoms with E-state index in [0.717, 1.165) is 5.39 Å². The Hall–Kier alpha value is -2.94. The maximum atomic E-state index is 12.8. The number of nitrogens with zero attached hydrogens (tertiary/aromatic N) is 3. The van der Waals surface area contributed by atoms with Crippen LogP contribution in [0.1, 0.15) is 26.5 Å². The van der Waals surface area contributed by atoms with Gasteiger partial charge in [0.15, 0.2) is 0 Å².